The summed E-state index contributed by atoms with van der Waals surface area (Å²) in [4.78, 5) is 12.9. The van der Waals surface area contributed by atoms with Crippen LogP contribution in [-0.2, 0) is 0 Å². The minimum atomic E-state index is -0.351. The zero-order valence-electron chi connectivity index (χ0n) is 12.1. The van der Waals surface area contributed by atoms with E-state index in [9.17, 15) is 10.1 Å². The van der Waals surface area contributed by atoms with Gasteiger partial charge in [-0.15, -0.1) is 0 Å². The van der Waals surface area contributed by atoms with Crippen molar-refractivity contribution in [2.24, 2.45) is 11.1 Å². The summed E-state index contributed by atoms with van der Waals surface area (Å²) < 4.78 is 5.18. The Morgan fingerprint density at radius 2 is 2.20 bits per heavy atom. The molecule has 20 heavy (non-hydrogen) atoms. The molecule has 0 aromatic heterocycles. The maximum absolute atomic E-state index is 11.2. The molecule has 0 bridgehead atoms. The van der Waals surface area contributed by atoms with E-state index in [4.69, 9.17) is 10.5 Å². The van der Waals surface area contributed by atoms with Gasteiger partial charge < -0.3 is 15.4 Å². The molecule has 0 aliphatic carbocycles. The van der Waals surface area contributed by atoms with Crippen molar-refractivity contribution in [3.63, 3.8) is 0 Å². The van der Waals surface area contributed by atoms with Crippen LogP contribution >= 0.6 is 0 Å². The van der Waals surface area contributed by atoms with Crippen molar-refractivity contribution in [3.8, 4) is 5.75 Å². The molecule has 1 aromatic rings. The molecule has 1 fully saturated rings. The summed E-state index contributed by atoms with van der Waals surface area (Å²) in [6.07, 6.45) is 0.821. The highest BCUT2D eigenvalue weighted by atomic mass is 16.6. The largest absolute Gasteiger partial charge is 0.497 e. The first kappa shape index (κ1) is 14.6. The number of anilines is 1. The average Bonchev–Trinajstić information content (AvgIpc) is 2.41. The molecule has 1 unspecified atom stereocenters. The smallest absolute Gasteiger partial charge is 0.292 e. The summed E-state index contributed by atoms with van der Waals surface area (Å²) in [6, 6.07) is 4.95. The van der Waals surface area contributed by atoms with E-state index in [0.717, 1.165) is 13.0 Å². The number of rotatable bonds is 3. The van der Waals surface area contributed by atoms with Gasteiger partial charge in [0.2, 0.25) is 0 Å². The van der Waals surface area contributed by atoms with Crippen LogP contribution in [0.5, 0.6) is 5.75 Å². The monoisotopic (exact) mass is 279 g/mol. The first-order valence-corrected chi connectivity index (χ1v) is 6.68. The highest BCUT2D eigenvalue weighted by molar-refractivity contribution is 5.66. The van der Waals surface area contributed by atoms with E-state index in [1.807, 2.05) is 4.90 Å². The fourth-order valence-corrected chi connectivity index (χ4v) is 2.62. The van der Waals surface area contributed by atoms with Gasteiger partial charge in [0.1, 0.15) is 11.4 Å². The Hall–Kier alpha value is -1.82. The maximum Gasteiger partial charge on any atom is 0.292 e. The Kier molecular flexibility index (Phi) is 3.85. The van der Waals surface area contributed by atoms with E-state index in [0.29, 0.717) is 18.0 Å². The molecule has 0 radical (unpaired) electrons. The molecule has 0 saturated carbocycles. The summed E-state index contributed by atoms with van der Waals surface area (Å²) in [6.45, 7) is 5.60. The van der Waals surface area contributed by atoms with Crippen LogP contribution in [0.1, 0.15) is 20.3 Å². The van der Waals surface area contributed by atoms with Crippen molar-refractivity contribution in [1.29, 1.82) is 0 Å². The molecular weight excluding hydrogens is 258 g/mol. The lowest BCUT2D eigenvalue weighted by atomic mass is 9.79. The molecule has 0 spiro atoms. The molecule has 1 saturated heterocycles. The van der Waals surface area contributed by atoms with Gasteiger partial charge in [0.05, 0.1) is 12.0 Å². The van der Waals surface area contributed by atoms with Gasteiger partial charge >= 0.3 is 0 Å². The van der Waals surface area contributed by atoms with Crippen molar-refractivity contribution >= 4 is 11.4 Å². The number of benzene rings is 1. The number of nitrogens with two attached hydrogens (primary N) is 1. The minimum Gasteiger partial charge on any atom is -0.497 e. The van der Waals surface area contributed by atoms with Crippen molar-refractivity contribution in [1.82, 2.24) is 0 Å². The van der Waals surface area contributed by atoms with Crippen LogP contribution in [-0.4, -0.2) is 31.2 Å². The lowest BCUT2D eigenvalue weighted by molar-refractivity contribution is -0.384. The second kappa shape index (κ2) is 5.28. The Morgan fingerprint density at radius 1 is 1.50 bits per heavy atom. The Balaban J connectivity index is 2.38. The summed E-state index contributed by atoms with van der Waals surface area (Å²) in [5.74, 6) is 0.623. The van der Waals surface area contributed by atoms with Crippen LogP contribution in [0.2, 0.25) is 0 Å². The van der Waals surface area contributed by atoms with Gasteiger partial charge in [0, 0.05) is 31.3 Å². The third-order valence-electron chi connectivity index (χ3n) is 4.03. The van der Waals surface area contributed by atoms with E-state index < -0.39 is 0 Å². The Labute approximate surface area is 118 Å². The number of methoxy groups -OCH3 is 1. The molecule has 2 N–H and O–H groups in total. The molecule has 6 nitrogen and oxygen atoms in total. The second-order valence-electron chi connectivity index (χ2n) is 5.92. The Morgan fingerprint density at radius 3 is 2.75 bits per heavy atom. The minimum absolute atomic E-state index is 0.0742. The highest BCUT2D eigenvalue weighted by Gasteiger charge is 2.35. The van der Waals surface area contributed by atoms with Crippen molar-refractivity contribution in [3.05, 3.63) is 28.3 Å². The van der Waals surface area contributed by atoms with E-state index >= 15 is 0 Å². The normalized spacial score (nSPS) is 21.6. The SMILES string of the molecule is COc1ccc([N+](=O)[O-])c(N2CCC(N)C(C)(C)C2)c1. The predicted molar refractivity (Wildman–Crippen MR) is 78.2 cm³/mol. The summed E-state index contributed by atoms with van der Waals surface area (Å²) in [7, 11) is 1.56. The van der Waals surface area contributed by atoms with Gasteiger partial charge in [0.25, 0.3) is 5.69 Å². The van der Waals surface area contributed by atoms with Gasteiger partial charge in [-0.25, -0.2) is 0 Å². The number of hydrogen-bond donors (Lipinski definition) is 1. The summed E-state index contributed by atoms with van der Waals surface area (Å²) in [5, 5.41) is 11.2. The zero-order valence-corrected chi connectivity index (χ0v) is 12.1. The van der Waals surface area contributed by atoms with Gasteiger partial charge in [-0.2, -0.15) is 0 Å². The Bertz CT molecular complexity index is 516. The number of nitrogens with zero attached hydrogens (tertiary/aromatic N) is 2. The fraction of sp³-hybridized carbons (Fsp3) is 0.571. The number of nitro benzene ring substituents is 1. The maximum atomic E-state index is 11.2. The van der Waals surface area contributed by atoms with Crippen LogP contribution < -0.4 is 15.4 Å². The summed E-state index contributed by atoms with van der Waals surface area (Å²) >= 11 is 0. The standard InChI is InChI=1S/C14H21N3O3/c1-14(2)9-16(7-6-13(14)15)12-8-10(20-3)4-5-11(12)17(18)19/h4-5,8,13H,6-7,9,15H2,1-3H3. The van der Waals surface area contributed by atoms with Crippen LogP contribution in [0.15, 0.2) is 18.2 Å². The van der Waals surface area contributed by atoms with E-state index in [2.05, 4.69) is 13.8 Å². The lowest BCUT2D eigenvalue weighted by Gasteiger charge is -2.43. The molecule has 1 aromatic carbocycles. The number of nitro groups is 1. The molecular formula is C14H21N3O3. The molecule has 6 heteroatoms. The molecule has 110 valence electrons. The second-order valence-corrected chi connectivity index (χ2v) is 5.92. The molecule has 1 aliphatic heterocycles. The predicted octanol–water partition coefficient (Wildman–Crippen LogP) is 2.17. The molecule has 1 atom stereocenters. The average molecular weight is 279 g/mol. The molecule has 1 aliphatic rings. The van der Waals surface area contributed by atoms with Gasteiger partial charge in [-0.05, 0) is 17.9 Å². The lowest BCUT2D eigenvalue weighted by Crippen LogP contribution is -2.52. The van der Waals surface area contributed by atoms with Crippen molar-refractivity contribution in [2.45, 2.75) is 26.3 Å². The molecule has 2 rings (SSSR count). The number of ether oxygens (including phenoxy) is 1. The molecule has 0 amide bonds. The van der Waals surface area contributed by atoms with Crippen LogP contribution in [0, 0.1) is 15.5 Å². The third kappa shape index (κ3) is 2.70. The molecule has 1 heterocycles. The van der Waals surface area contributed by atoms with Crippen LogP contribution in [0.3, 0.4) is 0 Å². The quantitative estimate of drug-likeness (QED) is 0.677. The van der Waals surface area contributed by atoms with Gasteiger partial charge in [0.15, 0.2) is 0 Å². The highest BCUT2D eigenvalue weighted by Crippen LogP contribution is 2.37. The van der Waals surface area contributed by atoms with Gasteiger partial charge in [-0.1, -0.05) is 13.8 Å². The fourth-order valence-electron chi connectivity index (χ4n) is 2.62. The summed E-state index contributed by atoms with van der Waals surface area (Å²) in [5.41, 5.74) is 6.76. The zero-order chi connectivity index (χ0) is 14.9. The van der Waals surface area contributed by atoms with Crippen molar-refractivity contribution in [2.75, 3.05) is 25.1 Å². The first-order chi connectivity index (χ1) is 9.35. The van der Waals surface area contributed by atoms with E-state index in [1.165, 1.54) is 6.07 Å². The number of piperidine rings is 1. The van der Waals surface area contributed by atoms with Crippen LogP contribution in [0.25, 0.3) is 0 Å². The van der Waals surface area contributed by atoms with E-state index in [1.54, 1.807) is 19.2 Å². The topological polar surface area (TPSA) is 81.6 Å². The van der Waals surface area contributed by atoms with E-state index in [-0.39, 0.29) is 22.1 Å². The number of hydrogen-bond acceptors (Lipinski definition) is 5. The third-order valence-corrected chi connectivity index (χ3v) is 4.03. The first-order valence-electron chi connectivity index (χ1n) is 6.68. The van der Waals surface area contributed by atoms with Gasteiger partial charge in [-0.3, -0.25) is 10.1 Å². The van der Waals surface area contributed by atoms with Crippen molar-refractivity contribution < 1.29 is 9.66 Å². The van der Waals surface area contributed by atoms with Crippen LogP contribution in [0.4, 0.5) is 11.4 Å².